The molecule has 6 heteroatoms. The zero-order chi connectivity index (χ0) is 11.8. The predicted octanol–water partition coefficient (Wildman–Crippen LogP) is 1.44. The molecule has 5 nitrogen and oxygen atoms in total. The normalized spacial score (nSPS) is 19.1. The van der Waals surface area contributed by atoms with E-state index in [9.17, 15) is 4.79 Å². The molecule has 0 bridgehead atoms. The molecule has 0 aromatic carbocycles. The largest absolute Gasteiger partial charge is 0.382 e. The molecule has 1 heterocycles. The van der Waals surface area contributed by atoms with Crippen LogP contribution in [0.4, 0.5) is 10.9 Å². The Morgan fingerprint density at radius 1 is 1.41 bits per heavy atom. The van der Waals surface area contributed by atoms with Gasteiger partial charge in [-0.15, -0.1) is 0 Å². The summed E-state index contributed by atoms with van der Waals surface area (Å²) in [6.45, 7) is 0.765. The third kappa shape index (κ3) is 2.69. The van der Waals surface area contributed by atoms with E-state index in [1.165, 1.54) is 37.0 Å². The highest BCUT2D eigenvalue weighted by Crippen LogP contribution is 2.31. The van der Waals surface area contributed by atoms with Gasteiger partial charge in [0.2, 0.25) is 0 Å². The fourth-order valence-electron chi connectivity index (χ4n) is 1.60. The monoisotopic (exact) mass is 252 g/mol. The molecule has 0 saturated heterocycles. The fraction of sp³-hybridized carbons (Fsp3) is 0.636. The molecule has 0 radical (unpaired) electrons. The maximum Gasteiger partial charge on any atom is 0.265 e. The molecule has 1 aromatic rings. The maximum atomic E-state index is 11.9. The second-order valence-electron chi connectivity index (χ2n) is 4.81. The van der Waals surface area contributed by atoms with Gasteiger partial charge in [0.1, 0.15) is 10.7 Å². The number of hydrogen-bond donors (Lipinski definition) is 3. The summed E-state index contributed by atoms with van der Waals surface area (Å²) < 4.78 is 0. The van der Waals surface area contributed by atoms with Gasteiger partial charge in [-0.2, -0.15) is 0 Å². The first-order valence-corrected chi connectivity index (χ1v) is 6.85. The minimum atomic E-state index is -0.0873. The number of rotatable bonds is 5. The van der Waals surface area contributed by atoms with E-state index in [1.807, 2.05) is 0 Å². The minimum absolute atomic E-state index is 0.0873. The summed E-state index contributed by atoms with van der Waals surface area (Å²) in [6.07, 6.45) is 4.82. The van der Waals surface area contributed by atoms with Crippen molar-refractivity contribution in [3.8, 4) is 0 Å². The van der Waals surface area contributed by atoms with Crippen LogP contribution in [0.15, 0.2) is 0 Å². The van der Waals surface area contributed by atoms with Crippen LogP contribution in [0.2, 0.25) is 0 Å². The van der Waals surface area contributed by atoms with E-state index in [-0.39, 0.29) is 5.91 Å². The third-order valence-electron chi connectivity index (χ3n) is 3.01. The van der Waals surface area contributed by atoms with Gasteiger partial charge < -0.3 is 16.4 Å². The van der Waals surface area contributed by atoms with E-state index in [2.05, 4.69) is 15.6 Å². The fourth-order valence-corrected chi connectivity index (χ4v) is 2.48. The number of carbonyl (C=O) groups excluding carboxylic acids is 1. The SMILES string of the molecule is Nc1nc(NC2CC2)sc1C(=O)NCC1CC1. The lowest BCUT2D eigenvalue weighted by Gasteiger charge is -2.01. The molecule has 92 valence electrons. The summed E-state index contributed by atoms with van der Waals surface area (Å²) in [5, 5.41) is 6.93. The Hall–Kier alpha value is -1.30. The van der Waals surface area contributed by atoms with E-state index in [4.69, 9.17) is 5.73 Å². The Morgan fingerprint density at radius 2 is 2.18 bits per heavy atom. The van der Waals surface area contributed by atoms with Crippen molar-refractivity contribution in [2.75, 3.05) is 17.6 Å². The molecule has 2 saturated carbocycles. The standard InChI is InChI=1S/C11H16N4OS/c12-9-8(10(16)13-5-6-1-2-6)17-11(15-9)14-7-3-4-7/h6-7H,1-5,12H2,(H,13,16)(H,14,15). The summed E-state index contributed by atoms with van der Waals surface area (Å²) in [5.41, 5.74) is 5.76. The summed E-state index contributed by atoms with van der Waals surface area (Å²) in [4.78, 5) is 16.6. The van der Waals surface area contributed by atoms with Gasteiger partial charge in [-0.1, -0.05) is 11.3 Å². The van der Waals surface area contributed by atoms with Crippen LogP contribution in [0.3, 0.4) is 0 Å². The molecule has 4 N–H and O–H groups in total. The van der Waals surface area contributed by atoms with Crippen LogP contribution in [0.1, 0.15) is 35.4 Å². The Kier molecular flexibility index (Phi) is 2.66. The van der Waals surface area contributed by atoms with Crippen LogP contribution in [0.25, 0.3) is 0 Å². The van der Waals surface area contributed by atoms with Crippen molar-refractivity contribution in [1.82, 2.24) is 10.3 Å². The van der Waals surface area contributed by atoms with Crippen LogP contribution >= 0.6 is 11.3 Å². The van der Waals surface area contributed by atoms with Crippen LogP contribution in [0, 0.1) is 5.92 Å². The molecule has 2 aliphatic carbocycles. The lowest BCUT2D eigenvalue weighted by atomic mass is 10.4. The van der Waals surface area contributed by atoms with Crippen molar-refractivity contribution in [2.24, 2.45) is 5.92 Å². The quantitative estimate of drug-likeness (QED) is 0.740. The number of aromatic nitrogens is 1. The highest BCUT2D eigenvalue weighted by molar-refractivity contribution is 7.18. The zero-order valence-corrected chi connectivity index (χ0v) is 10.3. The van der Waals surface area contributed by atoms with Crippen molar-refractivity contribution in [3.63, 3.8) is 0 Å². The Bertz CT molecular complexity index is 437. The van der Waals surface area contributed by atoms with Gasteiger partial charge in [-0.25, -0.2) is 4.98 Å². The molecule has 2 aliphatic rings. The number of carbonyl (C=O) groups is 1. The van der Waals surface area contributed by atoms with E-state index < -0.39 is 0 Å². The average molecular weight is 252 g/mol. The van der Waals surface area contributed by atoms with Gasteiger partial charge in [0.15, 0.2) is 5.13 Å². The predicted molar refractivity (Wildman–Crippen MR) is 68.2 cm³/mol. The van der Waals surface area contributed by atoms with Crippen LogP contribution in [-0.2, 0) is 0 Å². The Labute approximate surface area is 104 Å². The Morgan fingerprint density at radius 3 is 2.82 bits per heavy atom. The van der Waals surface area contributed by atoms with Gasteiger partial charge in [0, 0.05) is 12.6 Å². The highest BCUT2D eigenvalue weighted by atomic mass is 32.1. The lowest BCUT2D eigenvalue weighted by molar-refractivity contribution is 0.0956. The second-order valence-corrected chi connectivity index (χ2v) is 5.80. The second kappa shape index (κ2) is 4.18. The summed E-state index contributed by atoms with van der Waals surface area (Å²) in [7, 11) is 0. The molecule has 3 rings (SSSR count). The number of thiazole rings is 1. The first kappa shape index (κ1) is 10.8. The van der Waals surface area contributed by atoms with Gasteiger partial charge in [-0.05, 0) is 31.6 Å². The van der Waals surface area contributed by atoms with Crippen LogP contribution in [-0.4, -0.2) is 23.5 Å². The molecule has 1 aromatic heterocycles. The van der Waals surface area contributed by atoms with Gasteiger partial charge in [-0.3, -0.25) is 4.79 Å². The number of hydrogen-bond acceptors (Lipinski definition) is 5. The summed E-state index contributed by atoms with van der Waals surface area (Å²) >= 11 is 1.35. The van der Waals surface area contributed by atoms with E-state index in [1.54, 1.807) is 0 Å². The van der Waals surface area contributed by atoms with Crippen molar-refractivity contribution in [1.29, 1.82) is 0 Å². The molecule has 0 aliphatic heterocycles. The van der Waals surface area contributed by atoms with Crippen molar-refractivity contribution >= 4 is 28.2 Å². The molecule has 0 spiro atoms. The number of nitrogens with zero attached hydrogens (tertiary/aromatic N) is 1. The molecule has 2 fully saturated rings. The van der Waals surface area contributed by atoms with Crippen molar-refractivity contribution in [3.05, 3.63) is 4.88 Å². The number of amides is 1. The van der Waals surface area contributed by atoms with Crippen LogP contribution < -0.4 is 16.4 Å². The average Bonchev–Trinajstić information content (AvgIpc) is 3.17. The van der Waals surface area contributed by atoms with Gasteiger partial charge in [0.05, 0.1) is 0 Å². The van der Waals surface area contributed by atoms with E-state index >= 15 is 0 Å². The lowest BCUT2D eigenvalue weighted by Crippen LogP contribution is -2.25. The van der Waals surface area contributed by atoms with Gasteiger partial charge >= 0.3 is 0 Å². The van der Waals surface area contributed by atoms with Gasteiger partial charge in [0.25, 0.3) is 5.91 Å². The number of anilines is 2. The first-order valence-electron chi connectivity index (χ1n) is 6.03. The van der Waals surface area contributed by atoms with E-state index in [0.717, 1.165) is 11.7 Å². The van der Waals surface area contributed by atoms with Crippen molar-refractivity contribution in [2.45, 2.75) is 31.7 Å². The van der Waals surface area contributed by atoms with Crippen LogP contribution in [0.5, 0.6) is 0 Å². The molecule has 17 heavy (non-hydrogen) atoms. The summed E-state index contributed by atoms with van der Waals surface area (Å²) in [5.74, 6) is 0.930. The maximum absolute atomic E-state index is 11.9. The molecule has 0 unspecified atom stereocenters. The van der Waals surface area contributed by atoms with E-state index in [0.29, 0.717) is 22.7 Å². The first-order chi connectivity index (χ1) is 8.22. The molecule has 0 atom stereocenters. The number of nitrogens with one attached hydrogen (secondary N) is 2. The Balaban J connectivity index is 1.62. The zero-order valence-electron chi connectivity index (χ0n) is 9.53. The highest BCUT2D eigenvalue weighted by Gasteiger charge is 2.25. The molecular formula is C11H16N4OS. The van der Waals surface area contributed by atoms with Crippen molar-refractivity contribution < 1.29 is 4.79 Å². The molecule has 1 amide bonds. The number of nitrogens with two attached hydrogens (primary N) is 1. The summed E-state index contributed by atoms with van der Waals surface area (Å²) in [6, 6.07) is 0.530. The number of nitrogen functional groups attached to an aromatic ring is 1. The molecular weight excluding hydrogens is 236 g/mol. The topological polar surface area (TPSA) is 80.0 Å². The minimum Gasteiger partial charge on any atom is -0.382 e. The third-order valence-corrected chi connectivity index (χ3v) is 4.01. The smallest absolute Gasteiger partial charge is 0.265 e.